The van der Waals surface area contributed by atoms with Crippen LogP contribution in [0, 0.1) is 0 Å². The van der Waals surface area contributed by atoms with E-state index in [0.717, 1.165) is 38.8 Å². The molecule has 6 heteroatoms. The van der Waals surface area contributed by atoms with Crippen LogP contribution in [-0.4, -0.2) is 57.1 Å². The summed E-state index contributed by atoms with van der Waals surface area (Å²) >= 11 is 0.929. The molecule has 0 spiro atoms. The molecule has 2 unspecified atom stereocenters. The molecular weight excluding hydrogens is 371 g/mol. The van der Waals surface area contributed by atoms with Crippen LogP contribution in [0.15, 0.2) is 0 Å². The first-order chi connectivity index (χ1) is 5.74. The minimum absolute atomic E-state index is 0.197. The summed E-state index contributed by atoms with van der Waals surface area (Å²) in [5, 5.41) is 0. The monoisotopic (exact) mass is 384 g/mol. The predicted molar refractivity (Wildman–Crippen MR) is 46.0 cm³/mol. The van der Waals surface area contributed by atoms with Crippen molar-refractivity contribution in [1.82, 2.24) is 0 Å². The number of rotatable bonds is 4. The van der Waals surface area contributed by atoms with Crippen LogP contribution in [0.1, 0.15) is 6.42 Å². The summed E-state index contributed by atoms with van der Waals surface area (Å²) < 4.78 is 15.8. The molecule has 1 aliphatic rings. The molecule has 3 atom stereocenters. The molecule has 1 rings (SSSR count). The predicted octanol–water partition coefficient (Wildman–Crippen LogP) is 0.614. The summed E-state index contributed by atoms with van der Waals surface area (Å²) in [5.41, 5.74) is 0. The second-order valence-electron chi connectivity index (χ2n) is 2.58. The molecule has 4 nitrogen and oxygen atoms in total. The zero-order valence-corrected chi connectivity index (χ0v) is 12.4. The second-order valence-corrected chi connectivity index (χ2v) is 7.01. The van der Waals surface area contributed by atoms with Crippen LogP contribution < -0.4 is 0 Å². The molecule has 1 heterocycles. The third-order valence-corrected chi connectivity index (χ3v) is 5.41. The molecule has 1 fully saturated rings. The van der Waals surface area contributed by atoms with Gasteiger partial charge in [0.05, 0.1) is 0 Å². The van der Waals surface area contributed by atoms with Gasteiger partial charge in [0.2, 0.25) is 0 Å². The van der Waals surface area contributed by atoms with E-state index in [4.69, 9.17) is 14.2 Å². The Hall–Kier alpha value is 1.19. The minimum atomic E-state index is -1.68. The van der Waals surface area contributed by atoms with E-state index in [9.17, 15) is 0 Å². The van der Waals surface area contributed by atoms with Crippen molar-refractivity contribution in [2.45, 2.75) is 16.0 Å². The number of hydrogen-bond donors (Lipinski definition) is 1. The quantitative estimate of drug-likeness (QED) is 0.571. The Morgan fingerprint density at radius 2 is 2.50 bits per heavy atom. The van der Waals surface area contributed by atoms with E-state index in [-0.39, 0.29) is 6.10 Å². The van der Waals surface area contributed by atoms with Gasteiger partial charge >= 0.3 is 89.4 Å². The van der Waals surface area contributed by atoms with Crippen LogP contribution in [0.5, 0.6) is 0 Å². The maximum absolute atomic E-state index is 8.98. The summed E-state index contributed by atoms with van der Waals surface area (Å²) in [4.78, 5) is 8.98. The first-order valence-corrected chi connectivity index (χ1v) is 7.49. The summed E-state index contributed by atoms with van der Waals surface area (Å²) in [7, 11) is -0.243. The standard InChI is InChI=1S/C6H12O4P.Tl/c1-8-11(7)10-5-6-3-2-4-9-6;/h3,6-7H,2,4-5H2,1H3;. The van der Waals surface area contributed by atoms with Crippen LogP contribution in [-0.2, 0) is 13.8 Å². The molecule has 0 bridgehead atoms. The average molecular weight is 384 g/mol. The fourth-order valence-electron chi connectivity index (χ4n) is 1.03. The van der Waals surface area contributed by atoms with E-state index >= 15 is 0 Å². The van der Waals surface area contributed by atoms with Gasteiger partial charge in [0.1, 0.15) is 0 Å². The van der Waals surface area contributed by atoms with E-state index in [0.29, 0.717) is 10.1 Å². The van der Waals surface area contributed by atoms with Gasteiger partial charge in [-0.1, -0.05) is 0 Å². The van der Waals surface area contributed by atoms with Gasteiger partial charge in [0.15, 0.2) is 0 Å². The summed E-state index contributed by atoms with van der Waals surface area (Å²) in [6, 6.07) is 0. The number of hydrogen-bond acceptors (Lipinski definition) is 4. The zero-order valence-electron chi connectivity index (χ0n) is 6.97. The van der Waals surface area contributed by atoms with E-state index in [2.05, 4.69) is 4.52 Å². The molecule has 1 N–H and O–H groups in total. The molecule has 0 aliphatic carbocycles. The van der Waals surface area contributed by atoms with Gasteiger partial charge in [-0.3, -0.25) is 0 Å². The molecule has 1 saturated heterocycles. The third kappa shape index (κ3) is 3.51. The second kappa shape index (κ2) is 5.82. The molecular formula is C6H12O4PTl. The first kappa shape index (κ1) is 11.3. The Morgan fingerprint density at radius 3 is 3.00 bits per heavy atom. The zero-order chi connectivity index (χ0) is 8.97. The maximum atomic E-state index is 8.98. The molecule has 0 amide bonds. The Kier molecular flexibility index (Phi) is 5.47. The van der Waals surface area contributed by atoms with Gasteiger partial charge < -0.3 is 0 Å². The fourth-order valence-corrected chi connectivity index (χ4v) is 2.80. The van der Waals surface area contributed by atoms with Crippen molar-refractivity contribution in [2.24, 2.45) is 0 Å². The van der Waals surface area contributed by atoms with E-state index in [1.165, 1.54) is 7.11 Å². The van der Waals surface area contributed by atoms with Gasteiger partial charge in [0, 0.05) is 0 Å². The first-order valence-electron chi connectivity index (χ1n) is 3.77. The Morgan fingerprint density at radius 1 is 1.75 bits per heavy atom. The van der Waals surface area contributed by atoms with Crippen LogP contribution in [0.25, 0.3) is 0 Å². The molecule has 12 heavy (non-hydrogen) atoms. The molecule has 1 aliphatic heterocycles. The molecule has 0 saturated carbocycles. The SMILES string of the molecule is COP(O)OCC1OCC[C@@H]1[Tl]. The van der Waals surface area contributed by atoms with Crippen molar-refractivity contribution in [2.75, 3.05) is 20.3 Å². The normalized spacial score (nSPS) is 32.1. The van der Waals surface area contributed by atoms with Gasteiger partial charge in [-0.25, -0.2) is 0 Å². The average Bonchev–Trinajstić information content (AvgIpc) is 2.47. The van der Waals surface area contributed by atoms with Gasteiger partial charge in [0.25, 0.3) is 0 Å². The van der Waals surface area contributed by atoms with E-state index in [1.54, 1.807) is 0 Å². The van der Waals surface area contributed by atoms with Crippen LogP contribution in [0.4, 0.5) is 0 Å². The van der Waals surface area contributed by atoms with Crippen molar-refractivity contribution < 1.29 is 18.7 Å². The topological polar surface area (TPSA) is 47.9 Å². The van der Waals surface area contributed by atoms with Gasteiger partial charge in [-0.05, 0) is 0 Å². The Bertz CT molecular complexity index is 137. The summed E-state index contributed by atoms with van der Waals surface area (Å²) in [6.07, 6.45) is 1.34. The van der Waals surface area contributed by atoms with Crippen molar-refractivity contribution in [1.29, 1.82) is 0 Å². The number of ether oxygens (including phenoxy) is 1. The van der Waals surface area contributed by atoms with Gasteiger partial charge in [-0.2, -0.15) is 0 Å². The van der Waals surface area contributed by atoms with Crippen molar-refractivity contribution >= 4 is 34.4 Å². The van der Waals surface area contributed by atoms with E-state index < -0.39 is 8.60 Å². The van der Waals surface area contributed by atoms with Crippen LogP contribution in [0.3, 0.4) is 0 Å². The molecule has 0 aromatic carbocycles. The van der Waals surface area contributed by atoms with Crippen molar-refractivity contribution in [3.05, 3.63) is 0 Å². The molecule has 68 valence electrons. The summed E-state index contributed by atoms with van der Waals surface area (Å²) in [5.74, 6) is 0. The molecule has 0 radical (unpaired) electrons. The Balaban J connectivity index is 2.13. The Labute approximate surface area is 89.3 Å². The fraction of sp³-hybridized carbons (Fsp3) is 1.00. The van der Waals surface area contributed by atoms with Gasteiger partial charge in [-0.15, -0.1) is 0 Å². The van der Waals surface area contributed by atoms with Crippen molar-refractivity contribution in [3.63, 3.8) is 0 Å². The third-order valence-electron chi connectivity index (χ3n) is 1.77. The van der Waals surface area contributed by atoms with Crippen LogP contribution >= 0.6 is 8.60 Å². The molecule has 0 aromatic heterocycles. The summed E-state index contributed by atoms with van der Waals surface area (Å²) in [6.45, 7) is 1.31. The molecule has 0 aromatic rings. The van der Waals surface area contributed by atoms with Crippen LogP contribution in [0.2, 0.25) is 3.48 Å². The van der Waals surface area contributed by atoms with Crippen molar-refractivity contribution in [3.8, 4) is 0 Å². The van der Waals surface area contributed by atoms with E-state index in [1.807, 2.05) is 0 Å².